The molecule has 1 aliphatic heterocycles. The van der Waals surface area contributed by atoms with Crippen molar-refractivity contribution < 1.29 is 33.4 Å². The van der Waals surface area contributed by atoms with Crippen molar-refractivity contribution in [3.05, 3.63) is 70.5 Å². The number of hydrogen-bond donors (Lipinski definition) is 1. The summed E-state index contributed by atoms with van der Waals surface area (Å²) in [6.45, 7) is 6.51. The van der Waals surface area contributed by atoms with Crippen molar-refractivity contribution in [2.24, 2.45) is 4.99 Å². The van der Waals surface area contributed by atoms with Crippen molar-refractivity contribution in [1.29, 1.82) is 0 Å². The predicted molar refractivity (Wildman–Crippen MR) is 160 cm³/mol. The number of nitrogens with zero attached hydrogens (tertiary/aromatic N) is 4. The van der Waals surface area contributed by atoms with E-state index < -0.39 is 37.2 Å². The first-order chi connectivity index (χ1) is 20.6. The second-order valence-electron chi connectivity index (χ2n) is 9.14. The molecular formula is C29H27Cl2N5O7. The molecule has 4 rings (SSSR count). The first-order valence-corrected chi connectivity index (χ1v) is 13.9. The van der Waals surface area contributed by atoms with Gasteiger partial charge in [-0.3, -0.25) is 24.5 Å². The van der Waals surface area contributed by atoms with E-state index in [1.165, 1.54) is 30.2 Å². The van der Waals surface area contributed by atoms with E-state index in [1.54, 1.807) is 31.3 Å². The molecule has 0 fully saturated rings. The Morgan fingerprint density at radius 2 is 1.79 bits per heavy atom. The molecule has 0 saturated heterocycles. The molecule has 0 aliphatic carbocycles. The lowest BCUT2D eigenvalue weighted by Crippen LogP contribution is -2.45. The van der Waals surface area contributed by atoms with Gasteiger partial charge in [-0.1, -0.05) is 36.7 Å². The number of rotatable bonds is 11. The van der Waals surface area contributed by atoms with Gasteiger partial charge in [0.1, 0.15) is 10.8 Å². The molecule has 2 heterocycles. The Morgan fingerprint density at radius 3 is 2.49 bits per heavy atom. The molecule has 1 atom stereocenters. The van der Waals surface area contributed by atoms with Crippen LogP contribution in [0.1, 0.15) is 30.6 Å². The summed E-state index contributed by atoms with van der Waals surface area (Å²) in [5.74, 6) is -2.48. The molecular weight excluding hydrogens is 601 g/mol. The summed E-state index contributed by atoms with van der Waals surface area (Å²) >= 11 is 12.5. The average molecular weight is 628 g/mol. The van der Waals surface area contributed by atoms with Crippen molar-refractivity contribution >= 4 is 69.5 Å². The Labute approximate surface area is 256 Å². The number of anilines is 1. The van der Waals surface area contributed by atoms with E-state index >= 15 is 0 Å². The molecule has 1 N–H and O–H groups in total. The van der Waals surface area contributed by atoms with Gasteiger partial charge in [-0.25, -0.2) is 14.5 Å². The number of allylic oxidation sites excluding steroid dienone is 1. The maximum absolute atomic E-state index is 13.2. The number of aliphatic imine (C=N–C) groups is 1. The number of ether oxygens (including phenoxy) is 3. The number of esters is 2. The minimum absolute atomic E-state index is 0.0336. The van der Waals surface area contributed by atoms with Crippen molar-refractivity contribution in [3.63, 3.8) is 0 Å². The molecule has 14 heteroatoms. The second kappa shape index (κ2) is 14.1. The highest BCUT2D eigenvalue weighted by molar-refractivity contribution is 6.45. The summed E-state index contributed by atoms with van der Waals surface area (Å²) < 4.78 is 15.6. The quantitative estimate of drug-likeness (QED) is 0.188. The Balaban J connectivity index is 1.33. The van der Waals surface area contributed by atoms with Crippen LogP contribution in [0.2, 0.25) is 10.0 Å². The van der Waals surface area contributed by atoms with Crippen LogP contribution in [0, 0.1) is 0 Å². The van der Waals surface area contributed by atoms with Gasteiger partial charge in [-0.05, 0) is 49.2 Å². The summed E-state index contributed by atoms with van der Waals surface area (Å²) in [5.41, 5.74) is 2.17. The van der Waals surface area contributed by atoms with Gasteiger partial charge in [-0.15, -0.1) is 0 Å². The number of fused-ring (bicyclic) bond motifs is 1. The molecule has 0 bridgehead atoms. The van der Waals surface area contributed by atoms with Gasteiger partial charge in [0.2, 0.25) is 5.96 Å². The molecule has 43 heavy (non-hydrogen) atoms. The fourth-order valence-electron chi connectivity index (χ4n) is 3.91. The predicted octanol–water partition coefficient (Wildman–Crippen LogP) is 3.93. The Hall–Kier alpha value is -4.55. The molecule has 3 aromatic rings. The van der Waals surface area contributed by atoms with E-state index in [0.717, 1.165) is 0 Å². The first kappa shape index (κ1) is 31.4. The fraction of sp³-hybridized carbons (Fsp3) is 0.276. The Kier molecular flexibility index (Phi) is 10.3. The number of ketones is 1. The smallest absolute Gasteiger partial charge is 0.347 e. The summed E-state index contributed by atoms with van der Waals surface area (Å²) in [6.07, 6.45) is 2.18. The number of halogens is 2. The zero-order chi connectivity index (χ0) is 31.1. The SMILES string of the molecule is C=C(CC)C(=O)c1ccc(OCC(=O)OC(C)C(=O)OCC(=O)N(C2=NCCN2)c2ccc3nccnc3c2)c(Cl)c1Cl. The molecule has 12 nitrogen and oxygen atoms in total. The maximum atomic E-state index is 13.2. The molecule has 224 valence electrons. The highest BCUT2D eigenvalue weighted by Gasteiger charge is 2.27. The third-order valence-electron chi connectivity index (χ3n) is 6.19. The Morgan fingerprint density at radius 1 is 1.05 bits per heavy atom. The number of carbonyl (C=O) groups is 4. The normalized spacial score (nSPS) is 13.0. The minimum atomic E-state index is -1.35. The lowest BCUT2D eigenvalue weighted by atomic mass is 10.0. The van der Waals surface area contributed by atoms with E-state index in [0.29, 0.717) is 47.8 Å². The third kappa shape index (κ3) is 7.46. The van der Waals surface area contributed by atoms with Crippen LogP contribution in [0.15, 0.2) is 59.9 Å². The van der Waals surface area contributed by atoms with Crippen LogP contribution in [0.4, 0.5) is 5.69 Å². The molecule has 1 amide bonds. The van der Waals surface area contributed by atoms with E-state index in [4.69, 9.17) is 37.4 Å². The van der Waals surface area contributed by atoms with Crippen LogP contribution in [-0.4, -0.2) is 72.0 Å². The topological polar surface area (TPSA) is 149 Å². The molecule has 0 radical (unpaired) electrons. The monoisotopic (exact) mass is 627 g/mol. The van der Waals surface area contributed by atoms with Gasteiger partial charge in [0.25, 0.3) is 5.91 Å². The van der Waals surface area contributed by atoms with Crippen LogP contribution in [0.3, 0.4) is 0 Å². The molecule has 1 unspecified atom stereocenters. The fourth-order valence-corrected chi connectivity index (χ4v) is 4.37. The van der Waals surface area contributed by atoms with E-state index in [1.807, 2.05) is 0 Å². The van der Waals surface area contributed by atoms with Crippen molar-refractivity contribution in [2.75, 3.05) is 31.2 Å². The van der Waals surface area contributed by atoms with Gasteiger partial charge in [0.05, 0.1) is 28.3 Å². The molecule has 1 aliphatic rings. The third-order valence-corrected chi connectivity index (χ3v) is 7.06. The van der Waals surface area contributed by atoms with Gasteiger partial charge in [0.15, 0.2) is 25.1 Å². The maximum Gasteiger partial charge on any atom is 0.347 e. The van der Waals surface area contributed by atoms with Gasteiger partial charge in [-0.2, -0.15) is 0 Å². The minimum Gasteiger partial charge on any atom is -0.480 e. The lowest BCUT2D eigenvalue weighted by molar-refractivity contribution is -0.168. The molecule has 0 spiro atoms. The molecule has 0 saturated carbocycles. The number of aromatic nitrogens is 2. The molecule has 2 aromatic carbocycles. The van der Waals surface area contributed by atoms with Crippen molar-refractivity contribution in [3.8, 4) is 5.75 Å². The van der Waals surface area contributed by atoms with Crippen molar-refractivity contribution in [2.45, 2.75) is 26.4 Å². The molecule has 1 aromatic heterocycles. The highest BCUT2D eigenvalue weighted by atomic mass is 35.5. The average Bonchev–Trinajstić information content (AvgIpc) is 3.54. The van der Waals surface area contributed by atoms with Crippen LogP contribution < -0.4 is 15.0 Å². The highest BCUT2D eigenvalue weighted by Crippen LogP contribution is 2.35. The largest absolute Gasteiger partial charge is 0.480 e. The first-order valence-electron chi connectivity index (χ1n) is 13.1. The summed E-state index contributed by atoms with van der Waals surface area (Å²) in [5, 5.41) is 2.92. The summed E-state index contributed by atoms with van der Waals surface area (Å²) in [6, 6.07) is 7.86. The zero-order valence-electron chi connectivity index (χ0n) is 23.3. The summed E-state index contributed by atoms with van der Waals surface area (Å²) in [4.78, 5) is 64.5. The summed E-state index contributed by atoms with van der Waals surface area (Å²) in [7, 11) is 0. The van der Waals surface area contributed by atoms with Crippen LogP contribution >= 0.6 is 23.2 Å². The van der Waals surface area contributed by atoms with Crippen LogP contribution in [-0.2, 0) is 23.9 Å². The zero-order valence-corrected chi connectivity index (χ0v) is 24.8. The standard InChI is InChI=1S/C29H27Cl2N5O7/c1-4-16(2)27(39)19-6-8-22(26(31)25(19)30)41-15-24(38)43-17(3)28(40)42-14-23(37)36(29-34-11-12-35-29)18-5-7-20-21(13-18)33-10-9-32-20/h5-10,13,17H,2,4,11-12,14-15H2,1,3H3,(H,34,35). The number of carbonyl (C=O) groups excluding carboxylic acids is 4. The van der Waals surface area contributed by atoms with Gasteiger partial charge >= 0.3 is 11.9 Å². The van der Waals surface area contributed by atoms with E-state index in [2.05, 4.69) is 26.9 Å². The number of amides is 1. The number of hydrogen-bond acceptors (Lipinski definition) is 11. The van der Waals surface area contributed by atoms with Crippen molar-refractivity contribution in [1.82, 2.24) is 15.3 Å². The van der Waals surface area contributed by atoms with E-state index in [9.17, 15) is 19.2 Å². The second-order valence-corrected chi connectivity index (χ2v) is 9.90. The number of Topliss-reactive ketones (excluding diaryl/α,β-unsaturated/α-hetero) is 1. The van der Waals surface area contributed by atoms with E-state index in [-0.39, 0.29) is 27.1 Å². The van der Waals surface area contributed by atoms with Crippen LogP contribution in [0.5, 0.6) is 5.75 Å². The number of nitrogens with one attached hydrogen (secondary N) is 1. The van der Waals surface area contributed by atoms with Gasteiger partial charge < -0.3 is 19.5 Å². The van der Waals surface area contributed by atoms with Gasteiger partial charge in [0, 0.05) is 24.5 Å². The lowest BCUT2D eigenvalue weighted by Gasteiger charge is -2.23. The number of benzene rings is 2. The number of guanidine groups is 1. The van der Waals surface area contributed by atoms with Crippen LogP contribution in [0.25, 0.3) is 11.0 Å². The Bertz CT molecular complexity index is 1630.